The summed E-state index contributed by atoms with van der Waals surface area (Å²) >= 11 is 4.58. The Kier molecular flexibility index (Phi) is 7.17. The molecule has 170 valence electrons. The summed E-state index contributed by atoms with van der Waals surface area (Å²) in [6.07, 6.45) is 0. The largest absolute Gasteiger partial charge is 0.295 e. The molecule has 0 fully saturated rings. The second-order valence-electron chi connectivity index (χ2n) is 7.82. The van der Waals surface area contributed by atoms with Gasteiger partial charge in [0.25, 0.3) is 10.1 Å². The van der Waals surface area contributed by atoms with E-state index in [0.717, 1.165) is 10.3 Å². The van der Waals surface area contributed by atoms with Crippen LogP contribution in [0.4, 0.5) is 0 Å². The second-order valence-corrected chi connectivity index (χ2v) is 9.69. The Morgan fingerprint density at radius 2 is 1.21 bits per heavy atom. The Bertz CT molecular complexity index is 1520. The molecule has 0 aliphatic carbocycles. The van der Waals surface area contributed by atoms with Gasteiger partial charge in [0.2, 0.25) is 0 Å². The molecule has 0 aliphatic heterocycles. The highest BCUT2D eigenvalue weighted by Crippen LogP contribution is 2.37. The third kappa shape index (κ3) is 5.23. The average molecular weight is 485 g/mol. The molecular weight excluding hydrogens is 460 g/mol. The van der Waals surface area contributed by atoms with Gasteiger partial charge in [-0.2, -0.15) is 8.42 Å². The van der Waals surface area contributed by atoms with Crippen LogP contribution in [-0.4, -0.2) is 13.0 Å². The minimum atomic E-state index is -4.13. The number of hydrogen-bond acceptors (Lipinski definition) is 3. The molecule has 5 aromatic carbocycles. The molecule has 0 amide bonds. The minimum Gasteiger partial charge on any atom is -0.282 e. The van der Waals surface area contributed by atoms with Crippen LogP contribution in [0.5, 0.6) is 0 Å². The van der Waals surface area contributed by atoms with Crippen molar-refractivity contribution in [3.05, 3.63) is 121 Å². The summed E-state index contributed by atoms with van der Waals surface area (Å²) < 4.78 is 31.0. The number of rotatable bonds is 3. The number of benzene rings is 5. The maximum absolute atomic E-state index is 11.0. The van der Waals surface area contributed by atoms with Gasteiger partial charge in [-0.3, -0.25) is 4.55 Å². The van der Waals surface area contributed by atoms with Gasteiger partial charge >= 0.3 is 0 Å². The van der Waals surface area contributed by atoms with Crippen molar-refractivity contribution in [3.8, 4) is 22.3 Å². The van der Waals surface area contributed by atoms with E-state index >= 15 is 0 Å². The maximum Gasteiger partial charge on any atom is 0.295 e. The molecule has 5 rings (SSSR count). The van der Waals surface area contributed by atoms with Gasteiger partial charge in [0.1, 0.15) is 4.90 Å². The van der Waals surface area contributed by atoms with Crippen LogP contribution in [0.25, 0.3) is 33.0 Å². The van der Waals surface area contributed by atoms with Crippen molar-refractivity contribution in [2.75, 3.05) is 0 Å². The Labute approximate surface area is 205 Å². The van der Waals surface area contributed by atoms with E-state index in [1.54, 1.807) is 30.3 Å². The Morgan fingerprint density at radius 1 is 0.647 bits per heavy atom. The van der Waals surface area contributed by atoms with Crippen molar-refractivity contribution in [1.82, 2.24) is 0 Å². The molecule has 0 atom stereocenters. The fraction of sp³-hybridized carbons (Fsp3) is 0.0345. The van der Waals surface area contributed by atoms with Crippen LogP contribution in [0.15, 0.2) is 125 Å². The topological polar surface area (TPSA) is 54.4 Å². The average Bonchev–Trinajstić information content (AvgIpc) is 2.86. The van der Waals surface area contributed by atoms with Crippen LogP contribution in [0.2, 0.25) is 0 Å². The zero-order valence-corrected chi connectivity index (χ0v) is 20.3. The lowest BCUT2D eigenvalue weighted by Crippen LogP contribution is -1.98. The molecule has 3 nitrogen and oxygen atoms in total. The molecule has 0 saturated heterocycles. The molecule has 0 aromatic heterocycles. The molecule has 0 bridgehead atoms. The quantitative estimate of drug-likeness (QED) is 0.204. The zero-order valence-electron chi connectivity index (χ0n) is 18.6. The Morgan fingerprint density at radius 3 is 1.85 bits per heavy atom. The fourth-order valence-electron chi connectivity index (χ4n) is 3.96. The third-order valence-corrected chi connectivity index (χ3v) is 7.01. The first-order valence-electron chi connectivity index (χ1n) is 10.7. The number of fused-ring (bicyclic) bond motifs is 1. The first-order chi connectivity index (χ1) is 16.4. The smallest absolute Gasteiger partial charge is 0.282 e. The first-order valence-corrected chi connectivity index (χ1v) is 12.6. The van der Waals surface area contributed by atoms with Crippen LogP contribution in [0, 0.1) is 6.92 Å². The normalized spacial score (nSPS) is 11.0. The van der Waals surface area contributed by atoms with E-state index in [1.165, 1.54) is 33.9 Å². The number of thiol groups is 1. The molecular formula is C29H24O3S2. The summed E-state index contributed by atoms with van der Waals surface area (Å²) in [4.78, 5) is 0.985. The molecule has 5 heteroatoms. The highest BCUT2D eigenvalue weighted by molar-refractivity contribution is 7.86. The molecule has 0 unspecified atom stereocenters. The van der Waals surface area contributed by atoms with Gasteiger partial charge in [-0.15, -0.1) is 12.6 Å². The van der Waals surface area contributed by atoms with Crippen molar-refractivity contribution in [2.45, 2.75) is 16.7 Å². The lowest BCUT2D eigenvalue weighted by atomic mass is 9.91. The first kappa shape index (κ1) is 23.8. The van der Waals surface area contributed by atoms with Crippen LogP contribution in [0.1, 0.15) is 5.56 Å². The van der Waals surface area contributed by atoms with Gasteiger partial charge in [-0.1, -0.05) is 103 Å². The van der Waals surface area contributed by atoms with E-state index in [4.69, 9.17) is 4.55 Å². The van der Waals surface area contributed by atoms with E-state index < -0.39 is 10.1 Å². The van der Waals surface area contributed by atoms with E-state index in [2.05, 4.69) is 80.2 Å². The molecule has 0 heterocycles. The molecule has 0 radical (unpaired) electrons. The van der Waals surface area contributed by atoms with Crippen molar-refractivity contribution in [2.24, 2.45) is 0 Å². The Hall–Kier alpha value is -3.38. The van der Waals surface area contributed by atoms with E-state index in [9.17, 15) is 8.42 Å². The van der Waals surface area contributed by atoms with Gasteiger partial charge in [-0.05, 0) is 52.3 Å². The van der Waals surface area contributed by atoms with Gasteiger partial charge in [-0.25, -0.2) is 0 Å². The van der Waals surface area contributed by atoms with Gasteiger partial charge in [0.15, 0.2) is 0 Å². The maximum atomic E-state index is 11.0. The van der Waals surface area contributed by atoms with Gasteiger partial charge in [0.05, 0.1) is 0 Å². The molecule has 34 heavy (non-hydrogen) atoms. The van der Waals surface area contributed by atoms with E-state index in [-0.39, 0.29) is 4.90 Å². The lowest BCUT2D eigenvalue weighted by molar-refractivity contribution is 0.484. The molecule has 0 saturated carbocycles. The van der Waals surface area contributed by atoms with Crippen LogP contribution >= 0.6 is 12.6 Å². The molecule has 1 N–H and O–H groups in total. The van der Waals surface area contributed by atoms with Gasteiger partial charge < -0.3 is 0 Å². The predicted molar refractivity (Wildman–Crippen MR) is 143 cm³/mol. The standard InChI is InChI=1S/C19H16S.C10H8O3S/c1-14-18(20)13-12-17(15-8-4-2-5-9-15)19(14)16-10-6-3-7-11-16;11-14(12,13)10-7-3-5-8-4-1-2-6-9(8)10/h2-13,20H,1H3;1-7H,(H,11,12,13). The third-order valence-electron chi connectivity index (χ3n) is 5.61. The monoisotopic (exact) mass is 484 g/mol. The lowest BCUT2D eigenvalue weighted by Gasteiger charge is -2.15. The fourth-order valence-corrected chi connectivity index (χ4v) is 4.86. The van der Waals surface area contributed by atoms with Crippen molar-refractivity contribution >= 4 is 33.5 Å². The summed E-state index contributed by atoms with van der Waals surface area (Å²) in [5.41, 5.74) is 6.22. The Balaban J connectivity index is 0.000000172. The molecule has 5 aromatic rings. The summed E-state index contributed by atoms with van der Waals surface area (Å²) in [6, 6.07) is 37.0. The summed E-state index contributed by atoms with van der Waals surface area (Å²) in [6.45, 7) is 2.14. The van der Waals surface area contributed by atoms with Crippen LogP contribution < -0.4 is 0 Å². The van der Waals surface area contributed by atoms with E-state index in [0.29, 0.717) is 5.39 Å². The number of hydrogen-bond donors (Lipinski definition) is 2. The van der Waals surface area contributed by atoms with Crippen molar-refractivity contribution in [1.29, 1.82) is 0 Å². The second kappa shape index (κ2) is 10.3. The highest BCUT2D eigenvalue weighted by atomic mass is 32.2. The predicted octanol–water partition coefficient (Wildman–Crippen LogP) is 7.70. The summed E-state index contributed by atoms with van der Waals surface area (Å²) in [5.74, 6) is 0. The molecule has 0 spiro atoms. The summed E-state index contributed by atoms with van der Waals surface area (Å²) in [5, 5.41) is 1.33. The molecule has 0 aliphatic rings. The summed E-state index contributed by atoms with van der Waals surface area (Å²) in [7, 11) is -4.13. The van der Waals surface area contributed by atoms with Crippen LogP contribution in [0.3, 0.4) is 0 Å². The van der Waals surface area contributed by atoms with Crippen molar-refractivity contribution in [3.63, 3.8) is 0 Å². The van der Waals surface area contributed by atoms with E-state index in [1.807, 2.05) is 18.2 Å². The minimum absolute atomic E-state index is 0.0457. The van der Waals surface area contributed by atoms with Gasteiger partial charge in [0, 0.05) is 10.3 Å². The zero-order chi connectivity index (χ0) is 24.1. The van der Waals surface area contributed by atoms with Crippen molar-refractivity contribution < 1.29 is 13.0 Å². The highest BCUT2D eigenvalue weighted by Gasteiger charge is 2.13. The van der Waals surface area contributed by atoms with Crippen LogP contribution in [-0.2, 0) is 10.1 Å². The SMILES string of the molecule is Cc1c(S)ccc(-c2ccccc2)c1-c1ccccc1.O=S(=O)(O)c1cccc2ccccc12.